The lowest BCUT2D eigenvalue weighted by atomic mass is 9.90. The molecule has 0 amide bonds. The van der Waals surface area contributed by atoms with E-state index in [2.05, 4.69) is 32.0 Å². The van der Waals surface area contributed by atoms with Crippen LogP contribution in [-0.4, -0.2) is 11.5 Å². The Morgan fingerprint density at radius 3 is 2.87 bits per heavy atom. The molecular formula is C13H19NS. The van der Waals surface area contributed by atoms with Gasteiger partial charge in [0.15, 0.2) is 0 Å². The third-order valence-electron chi connectivity index (χ3n) is 3.27. The number of nitrogens with two attached hydrogens (primary N) is 1. The molecule has 1 aromatic carbocycles. The van der Waals surface area contributed by atoms with Crippen molar-refractivity contribution in [1.29, 1.82) is 0 Å². The molecule has 2 atom stereocenters. The minimum Gasteiger partial charge on any atom is -0.324 e. The second kappa shape index (κ2) is 4.58. The third-order valence-corrected chi connectivity index (χ3v) is 4.45. The molecule has 1 aliphatic heterocycles. The first kappa shape index (κ1) is 11.0. The quantitative estimate of drug-likeness (QED) is 0.830. The fourth-order valence-electron chi connectivity index (χ4n) is 2.21. The van der Waals surface area contributed by atoms with E-state index in [0.717, 1.165) is 0 Å². The lowest BCUT2D eigenvalue weighted by molar-refractivity contribution is 0.480. The molecule has 2 rings (SSSR count). The molecular weight excluding hydrogens is 202 g/mol. The van der Waals surface area contributed by atoms with Crippen LogP contribution in [-0.2, 0) is 0 Å². The van der Waals surface area contributed by atoms with E-state index in [-0.39, 0.29) is 6.04 Å². The molecule has 2 unspecified atom stereocenters. The van der Waals surface area contributed by atoms with Gasteiger partial charge in [-0.25, -0.2) is 0 Å². The number of aryl methyl sites for hydroxylation is 2. The molecule has 1 saturated heterocycles. The van der Waals surface area contributed by atoms with Gasteiger partial charge in [-0.3, -0.25) is 0 Å². The van der Waals surface area contributed by atoms with Crippen LogP contribution < -0.4 is 5.73 Å². The van der Waals surface area contributed by atoms with Crippen LogP contribution in [0.15, 0.2) is 18.2 Å². The summed E-state index contributed by atoms with van der Waals surface area (Å²) in [7, 11) is 0. The molecule has 0 radical (unpaired) electrons. The molecule has 0 aliphatic carbocycles. The highest BCUT2D eigenvalue weighted by molar-refractivity contribution is 7.99. The van der Waals surface area contributed by atoms with E-state index >= 15 is 0 Å². The van der Waals surface area contributed by atoms with Crippen molar-refractivity contribution in [3.63, 3.8) is 0 Å². The molecule has 2 N–H and O–H groups in total. The molecule has 0 aromatic heterocycles. The summed E-state index contributed by atoms with van der Waals surface area (Å²) in [5.74, 6) is 3.19. The molecule has 0 bridgehead atoms. The van der Waals surface area contributed by atoms with Crippen LogP contribution in [0.3, 0.4) is 0 Å². The summed E-state index contributed by atoms with van der Waals surface area (Å²) in [6.07, 6.45) is 1.28. The first-order valence-electron chi connectivity index (χ1n) is 5.59. The second-order valence-corrected chi connectivity index (χ2v) is 5.66. The van der Waals surface area contributed by atoms with Crippen molar-refractivity contribution in [2.75, 3.05) is 11.5 Å². The second-order valence-electron chi connectivity index (χ2n) is 4.51. The minimum atomic E-state index is 0.236. The van der Waals surface area contributed by atoms with Crippen LogP contribution >= 0.6 is 11.8 Å². The minimum absolute atomic E-state index is 0.236. The molecule has 1 fully saturated rings. The van der Waals surface area contributed by atoms with E-state index in [4.69, 9.17) is 5.73 Å². The van der Waals surface area contributed by atoms with E-state index in [0.29, 0.717) is 5.92 Å². The highest BCUT2D eigenvalue weighted by atomic mass is 32.2. The Morgan fingerprint density at radius 2 is 2.20 bits per heavy atom. The van der Waals surface area contributed by atoms with Gasteiger partial charge in [-0.15, -0.1) is 0 Å². The fourth-order valence-corrected chi connectivity index (χ4v) is 3.52. The van der Waals surface area contributed by atoms with Crippen LogP contribution in [0.4, 0.5) is 0 Å². The molecule has 1 heterocycles. The van der Waals surface area contributed by atoms with Gasteiger partial charge in [0.2, 0.25) is 0 Å². The maximum Gasteiger partial charge on any atom is 0.0334 e. The molecule has 1 aliphatic rings. The van der Waals surface area contributed by atoms with Crippen LogP contribution in [0, 0.1) is 19.8 Å². The van der Waals surface area contributed by atoms with Gasteiger partial charge in [0.25, 0.3) is 0 Å². The molecule has 0 spiro atoms. The number of thioether (sulfide) groups is 1. The summed E-state index contributed by atoms with van der Waals surface area (Å²) in [5.41, 5.74) is 10.4. The smallest absolute Gasteiger partial charge is 0.0334 e. The van der Waals surface area contributed by atoms with Gasteiger partial charge in [-0.2, -0.15) is 11.8 Å². The van der Waals surface area contributed by atoms with Crippen molar-refractivity contribution < 1.29 is 0 Å². The maximum absolute atomic E-state index is 6.36. The van der Waals surface area contributed by atoms with Crippen molar-refractivity contribution >= 4 is 11.8 Å². The Bertz CT molecular complexity index is 342. The normalized spacial score (nSPS) is 23.0. The lowest BCUT2D eigenvalue weighted by Gasteiger charge is -2.21. The Labute approximate surface area is 96.4 Å². The van der Waals surface area contributed by atoms with E-state index in [9.17, 15) is 0 Å². The van der Waals surface area contributed by atoms with Crippen LogP contribution in [0.5, 0.6) is 0 Å². The number of rotatable bonds is 2. The van der Waals surface area contributed by atoms with E-state index < -0.39 is 0 Å². The maximum atomic E-state index is 6.36. The van der Waals surface area contributed by atoms with Gasteiger partial charge in [0.05, 0.1) is 0 Å². The van der Waals surface area contributed by atoms with Crippen LogP contribution in [0.25, 0.3) is 0 Å². The molecule has 1 nitrogen and oxygen atoms in total. The van der Waals surface area contributed by atoms with E-state index in [1.807, 2.05) is 11.8 Å². The van der Waals surface area contributed by atoms with Gasteiger partial charge in [0, 0.05) is 6.04 Å². The average molecular weight is 221 g/mol. The van der Waals surface area contributed by atoms with Crippen molar-refractivity contribution in [3.8, 4) is 0 Å². The summed E-state index contributed by atoms with van der Waals surface area (Å²) in [6.45, 7) is 4.30. The van der Waals surface area contributed by atoms with E-state index in [1.54, 1.807) is 0 Å². The first-order chi connectivity index (χ1) is 7.18. The van der Waals surface area contributed by atoms with Gasteiger partial charge < -0.3 is 5.73 Å². The Kier molecular flexibility index (Phi) is 3.37. The van der Waals surface area contributed by atoms with Crippen molar-refractivity contribution in [2.45, 2.75) is 26.3 Å². The molecule has 15 heavy (non-hydrogen) atoms. The largest absolute Gasteiger partial charge is 0.324 e. The SMILES string of the molecule is Cc1ccc(C)c(C(N)C2CCSC2)c1. The Balaban J connectivity index is 2.23. The fraction of sp³-hybridized carbons (Fsp3) is 0.538. The van der Waals surface area contributed by atoms with Crippen LogP contribution in [0.1, 0.15) is 29.2 Å². The third kappa shape index (κ3) is 2.37. The van der Waals surface area contributed by atoms with Gasteiger partial charge in [0.1, 0.15) is 0 Å². The number of benzene rings is 1. The zero-order chi connectivity index (χ0) is 10.8. The topological polar surface area (TPSA) is 26.0 Å². The monoisotopic (exact) mass is 221 g/mol. The first-order valence-corrected chi connectivity index (χ1v) is 6.74. The predicted molar refractivity (Wildman–Crippen MR) is 68.3 cm³/mol. The van der Waals surface area contributed by atoms with Gasteiger partial charge >= 0.3 is 0 Å². The summed E-state index contributed by atoms with van der Waals surface area (Å²) >= 11 is 2.04. The number of hydrogen-bond acceptors (Lipinski definition) is 2. The zero-order valence-electron chi connectivity index (χ0n) is 9.49. The highest BCUT2D eigenvalue weighted by Gasteiger charge is 2.24. The summed E-state index contributed by atoms with van der Waals surface area (Å²) in [4.78, 5) is 0. The molecule has 2 heteroatoms. The van der Waals surface area contributed by atoms with Crippen molar-refractivity contribution in [3.05, 3.63) is 34.9 Å². The predicted octanol–water partition coefficient (Wildman–Crippen LogP) is 3.06. The van der Waals surface area contributed by atoms with E-state index in [1.165, 1.54) is 34.6 Å². The highest BCUT2D eigenvalue weighted by Crippen LogP contribution is 2.33. The number of hydrogen-bond donors (Lipinski definition) is 1. The van der Waals surface area contributed by atoms with Gasteiger partial charge in [-0.05, 0) is 48.8 Å². The molecule has 1 aromatic rings. The van der Waals surface area contributed by atoms with Gasteiger partial charge in [-0.1, -0.05) is 23.8 Å². The van der Waals surface area contributed by atoms with Crippen molar-refractivity contribution in [2.24, 2.45) is 11.7 Å². The van der Waals surface area contributed by atoms with Crippen molar-refractivity contribution in [1.82, 2.24) is 0 Å². The molecule has 0 saturated carbocycles. The zero-order valence-corrected chi connectivity index (χ0v) is 10.3. The lowest BCUT2D eigenvalue weighted by Crippen LogP contribution is -2.22. The standard InChI is InChI=1S/C13H19NS/c1-9-3-4-10(2)12(7-9)13(14)11-5-6-15-8-11/h3-4,7,11,13H,5-6,8,14H2,1-2H3. The Morgan fingerprint density at radius 1 is 1.40 bits per heavy atom. The summed E-state index contributed by atoms with van der Waals surface area (Å²) in [5, 5.41) is 0. The van der Waals surface area contributed by atoms with Crippen LogP contribution in [0.2, 0.25) is 0 Å². The summed E-state index contributed by atoms with van der Waals surface area (Å²) in [6, 6.07) is 6.84. The molecule has 82 valence electrons. The average Bonchev–Trinajstić information content (AvgIpc) is 2.74. The Hall–Kier alpha value is -0.470. The summed E-state index contributed by atoms with van der Waals surface area (Å²) < 4.78 is 0.